The van der Waals surface area contributed by atoms with Gasteiger partial charge in [0.2, 0.25) is 0 Å². The first-order chi connectivity index (χ1) is 12.7. The lowest BCUT2D eigenvalue weighted by molar-refractivity contribution is -0.0566. The predicted molar refractivity (Wildman–Crippen MR) is 108 cm³/mol. The van der Waals surface area contributed by atoms with Crippen LogP contribution < -0.4 is 5.32 Å². The zero-order valence-electron chi connectivity index (χ0n) is 15.7. The van der Waals surface area contributed by atoms with Crippen molar-refractivity contribution < 1.29 is 9.84 Å². The molecule has 0 aromatic heterocycles. The summed E-state index contributed by atoms with van der Waals surface area (Å²) < 4.78 is 5.36. The van der Waals surface area contributed by atoms with E-state index in [9.17, 15) is 5.11 Å². The molecule has 2 aliphatic rings. The van der Waals surface area contributed by atoms with Gasteiger partial charge in [-0.3, -0.25) is 4.99 Å². The smallest absolute Gasteiger partial charge is 0.194 e. The van der Waals surface area contributed by atoms with Crippen LogP contribution in [0.5, 0.6) is 0 Å². The molecule has 26 heavy (non-hydrogen) atoms. The number of nitrogens with one attached hydrogen (secondary N) is 1. The standard InChI is InChI=1S/C20H31N3O2S/c1-2-21-19(22-16-20(24)9-12-25-13-10-20)23-11-8-17(14-23)15-26-18-6-4-3-5-7-18/h3-7,17,24H,2,8-16H2,1H3,(H,21,22). The van der Waals surface area contributed by atoms with Crippen LogP contribution in [-0.4, -0.2) is 66.7 Å². The average molecular weight is 378 g/mol. The van der Waals surface area contributed by atoms with Crippen molar-refractivity contribution in [3.8, 4) is 0 Å². The fourth-order valence-electron chi connectivity index (χ4n) is 3.45. The molecule has 1 atom stereocenters. The van der Waals surface area contributed by atoms with Crippen molar-refractivity contribution in [2.75, 3.05) is 45.1 Å². The average Bonchev–Trinajstić information content (AvgIpc) is 3.14. The maximum Gasteiger partial charge on any atom is 0.194 e. The van der Waals surface area contributed by atoms with Gasteiger partial charge in [-0.1, -0.05) is 18.2 Å². The van der Waals surface area contributed by atoms with Crippen molar-refractivity contribution in [2.24, 2.45) is 10.9 Å². The summed E-state index contributed by atoms with van der Waals surface area (Å²) in [6.45, 7) is 6.73. The molecule has 2 N–H and O–H groups in total. The van der Waals surface area contributed by atoms with Crippen LogP contribution >= 0.6 is 11.8 Å². The summed E-state index contributed by atoms with van der Waals surface area (Å²) in [6.07, 6.45) is 2.54. The van der Waals surface area contributed by atoms with Gasteiger partial charge >= 0.3 is 0 Å². The van der Waals surface area contributed by atoms with E-state index in [-0.39, 0.29) is 0 Å². The van der Waals surface area contributed by atoms with Crippen molar-refractivity contribution in [1.29, 1.82) is 0 Å². The monoisotopic (exact) mass is 377 g/mol. The van der Waals surface area contributed by atoms with Gasteiger partial charge in [0.15, 0.2) is 5.96 Å². The molecule has 1 aromatic carbocycles. The molecule has 2 saturated heterocycles. The van der Waals surface area contributed by atoms with E-state index in [1.54, 1.807) is 0 Å². The Morgan fingerprint density at radius 2 is 2.12 bits per heavy atom. The zero-order valence-corrected chi connectivity index (χ0v) is 16.5. The molecule has 0 spiro atoms. The Bertz CT molecular complexity index is 576. The van der Waals surface area contributed by atoms with Crippen molar-refractivity contribution in [2.45, 2.75) is 36.7 Å². The summed E-state index contributed by atoms with van der Waals surface area (Å²) in [6, 6.07) is 10.6. The summed E-state index contributed by atoms with van der Waals surface area (Å²) >= 11 is 1.94. The van der Waals surface area contributed by atoms with Crippen LogP contribution in [0.25, 0.3) is 0 Å². The Morgan fingerprint density at radius 3 is 2.85 bits per heavy atom. The summed E-state index contributed by atoms with van der Waals surface area (Å²) in [7, 11) is 0. The molecular weight excluding hydrogens is 346 g/mol. The van der Waals surface area contributed by atoms with Crippen molar-refractivity contribution in [3.63, 3.8) is 0 Å². The van der Waals surface area contributed by atoms with E-state index in [0.29, 0.717) is 38.5 Å². The molecule has 1 unspecified atom stereocenters. The van der Waals surface area contributed by atoms with Crippen molar-refractivity contribution >= 4 is 17.7 Å². The third kappa shape index (κ3) is 5.63. The summed E-state index contributed by atoms with van der Waals surface area (Å²) in [5.41, 5.74) is -0.707. The van der Waals surface area contributed by atoms with Crippen LogP contribution in [0.1, 0.15) is 26.2 Å². The summed E-state index contributed by atoms with van der Waals surface area (Å²) in [5, 5.41) is 14.1. The highest BCUT2D eigenvalue weighted by atomic mass is 32.2. The molecule has 0 saturated carbocycles. The van der Waals surface area contributed by atoms with Crippen LogP contribution in [0, 0.1) is 5.92 Å². The molecule has 0 amide bonds. The van der Waals surface area contributed by atoms with E-state index >= 15 is 0 Å². The predicted octanol–water partition coefficient (Wildman–Crippen LogP) is 2.61. The number of hydrogen-bond acceptors (Lipinski definition) is 4. The van der Waals surface area contributed by atoms with E-state index in [4.69, 9.17) is 9.73 Å². The van der Waals surface area contributed by atoms with Gasteiger partial charge in [-0.15, -0.1) is 11.8 Å². The van der Waals surface area contributed by atoms with Gasteiger partial charge in [0.25, 0.3) is 0 Å². The Balaban J connectivity index is 1.52. The first-order valence-electron chi connectivity index (χ1n) is 9.70. The Labute approximate surface area is 161 Å². The van der Waals surface area contributed by atoms with E-state index in [0.717, 1.165) is 31.3 Å². The van der Waals surface area contributed by atoms with Gasteiger partial charge in [-0.25, -0.2) is 0 Å². The number of likely N-dealkylation sites (tertiary alicyclic amines) is 1. The second kappa shape index (κ2) is 9.62. The molecule has 0 radical (unpaired) electrons. The number of thioether (sulfide) groups is 1. The van der Waals surface area contributed by atoms with E-state index in [1.165, 1.54) is 11.3 Å². The highest BCUT2D eigenvalue weighted by Gasteiger charge is 2.31. The third-order valence-electron chi connectivity index (χ3n) is 5.10. The maximum atomic E-state index is 10.7. The first-order valence-corrected chi connectivity index (χ1v) is 10.7. The summed E-state index contributed by atoms with van der Waals surface area (Å²) in [5.74, 6) is 2.76. The number of guanidine groups is 1. The SMILES string of the molecule is CCNC(=NCC1(O)CCOCC1)N1CCC(CSc2ccccc2)C1. The van der Waals surface area contributed by atoms with Crippen LogP contribution in [0.15, 0.2) is 40.2 Å². The van der Waals surface area contributed by atoms with Crippen LogP contribution in [0.4, 0.5) is 0 Å². The normalized spacial score (nSPS) is 23.2. The highest BCUT2D eigenvalue weighted by Crippen LogP contribution is 2.26. The van der Waals surface area contributed by atoms with Crippen LogP contribution in [0.2, 0.25) is 0 Å². The van der Waals surface area contributed by atoms with Gasteiger partial charge in [0, 0.05) is 56.3 Å². The lowest BCUT2D eigenvalue weighted by Crippen LogP contribution is -2.43. The number of ether oxygens (including phenoxy) is 1. The van der Waals surface area contributed by atoms with Crippen LogP contribution in [0.3, 0.4) is 0 Å². The molecule has 2 heterocycles. The molecule has 5 nitrogen and oxygen atoms in total. The second-order valence-corrected chi connectivity index (χ2v) is 8.33. The number of benzene rings is 1. The minimum atomic E-state index is -0.707. The molecule has 144 valence electrons. The van der Waals surface area contributed by atoms with Gasteiger partial charge in [0.1, 0.15) is 0 Å². The largest absolute Gasteiger partial charge is 0.388 e. The fraction of sp³-hybridized carbons (Fsp3) is 0.650. The maximum absolute atomic E-state index is 10.7. The lowest BCUT2D eigenvalue weighted by Gasteiger charge is -2.31. The molecule has 6 heteroatoms. The number of aliphatic hydroxyl groups is 1. The number of aliphatic imine (C=N–C) groups is 1. The van der Waals surface area contributed by atoms with Gasteiger partial charge in [-0.05, 0) is 31.4 Å². The third-order valence-corrected chi connectivity index (χ3v) is 6.34. The number of rotatable bonds is 6. The Morgan fingerprint density at radius 1 is 1.35 bits per heavy atom. The molecule has 2 fully saturated rings. The van der Waals surface area contributed by atoms with E-state index in [2.05, 4.69) is 47.5 Å². The zero-order chi connectivity index (χ0) is 18.2. The van der Waals surface area contributed by atoms with Crippen molar-refractivity contribution in [3.05, 3.63) is 30.3 Å². The first kappa shape index (κ1) is 19.5. The molecule has 1 aromatic rings. The quantitative estimate of drug-likeness (QED) is 0.453. The molecule has 2 aliphatic heterocycles. The Kier molecular flexibility index (Phi) is 7.23. The fourth-order valence-corrected chi connectivity index (χ4v) is 4.50. The minimum Gasteiger partial charge on any atom is -0.388 e. The van der Waals surface area contributed by atoms with Gasteiger partial charge < -0.3 is 20.1 Å². The molecule has 3 rings (SSSR count). The topological polar surface area (TPSA) is 57.1 Å². The van der Waals surface area contributed by atoms with Gasteiger partial charge in [0.05, 0.1) is 12.1 Å². The number of hydrogen-bond donors (Lipinski definition) is 2. The molecule has 0 aliphatic carbocycles. The van der Waals surface area contributed by atoms with E-state index in [1.807, 2.05) is 11.8 Å². The minimum absolute atomic E-state index is 0.457. The number of nitrogens with zero attached hydrogens (tertiary/aromatic N) is 2. The summed E-state index contributed by atoms with van der Waals surface area (Å²) in [4.78, 5) is 8.45. The lowest BCUT2D eigenvalue weighted by atomic mass is 9.95. The second-order valence-electron chi connectivity index (χ2n) is 7.23. The highest BCUT2D eigenvalue weighted by molar-refractivity contribution is 7.99. The van der Waals surface area contributed by atoms with E-state index < -0.39 is 5.60 Å². The Hall–Kier alpha value is -1.24. The molecular formula is C20H31N3O2S. The van der Waals surface area contributed by atoms with Crippen LogP contribution in [-0.2, 0) is 4.74 Å². The van der Waals surface area contributed by atoms with Crippen molar-refractivity contribution in [1.82, 2.24) is 10.2 Å². The molecule has 0 bridgehead atoms. The van der Waals surface area contributed by atoms with Gasteiger partial charge in [-0.2, -0.15) is 0 Å².